The SMILES string of the molecule is CC(C)OCCn1ccnc1.CC(C)OCCn1ccnn1.Cc1cn(CCOC(C)C)c(C)n1. The molecule has 10 nitrogen and oxygen atoms in total. The summed E-state index contributed by atoms with van der Waals surface area (Å²) >= 11 is 0. The molecule has 0 aromatic carbocycles. The van der Waals surface area contributed by atoms with Crippen LogP contribution in [-0.2, 0) is 33.8 Å². The van der Waals surface area contributed by atoms with E-state index in [0.29, 0.717) is 24.9 Å². The lowest BCUT2D eigenvalue weighted by Crippen LogP contribution is -2.10. The average Bonchev–Trinajstić information content (AvgIpc) is 3.52. The first-order valence-electron chi connectivity index (χ1n) is 12.3. The number of ether oxygens (including phenoxy) is 3. The van der Waals surface area contributed by atoms with E-state index in [4.69, 9.17) is 14.2 Å². The molecule has 0 bridgehead atoms. The fraction of sp³-hybridized carbons (Fsp3) is 0.680. The number of imidazole rings is 2. The highest BCUT2D eigenvalue weighted by atomic mass is 16.5. The van der Waals surface area contributed by atoms with Gasteiger partial charge in [0.15, 0.2) is 0 Å². The van der Waals surface area contributed by atoms with Crippen LogP contribution < -0.4 is 0 Å². The summed E-state index contributed by atoms with van der Waals surface area (Å²) in [4.78, 5) is 8.24. The Balaban J connectivity index is 0.000000264. The molecule has 0 amide bonds. The Morgan fingerprint density at radius 2 is 1.37 bits per heavy atom. The van der Waals surface area contributed by atoms with Crippen molar-refractivity contribution in [3.8, 4) is 0 Å². The van der Waals surface area contributed by atoms with Crippen molar-refractivity contribution in [2.24, 2.45) is 0 Å². The Bertz CT molecular complexity index is 816. The van der Waals surface area contributed by atoms with Crippen LogP contribution in [0.25, 0.3) is 0 Å². The Labute approximate surface area is 210 Å². The highest BCUT2D eigenvalue weighted by Crippen LogP contribution is 2.01. The molecule has 0 aliphatic carbocycles. The van der Waals surface area contributed by atoms with Crippen LogP contribution in [0.4, 0.5) is 0 Å². The maximum atomic E-state index is 5.46. The van der Waals surface area contributed by atoms with E-state index in [-0.39, 0.29) is 0 Å². The van der Waals surface area contributed by atoms with E-state index >= 15 is 0 Å². The fourth-order valence-corrected chi connectivity index (χ4v) is 2.83. The number of aromatic nitrogens is 7. The standard InChI is InChI=1S/C10H18N2O.C8H14N2O.C7H13N3O/c1-8(2)13-6-5-12-7-9(3)11-10(12)4;1-8(2)11-6-5-10-4-3-9-7-10;1-7(2)11-6-5-10-4-3-8-9-10/h7-8H,5-6H2,1-4H3;3-4,7-8H,5-6H2,1-2H3;3-4,7H,5-6H2,1-2H3. The van der Waals surface area contributed by atoms with Gasteiger partial charge in [-0.15, -0.1) is 5.10 Å². The Kier molecular flexibility index (Phi) is 15.5. The molecule has 198 valence electrons. The van der Waals surface area contributed by atoms with Gasteiger partial charge >= 0.3 is 0 Å². The topological polar surface area (TPSA) is 94.0 Å². The minimum atomic E-state index is 0.290. The molecule has 0 aliphatic rings. The van der Waals surface area contributed by atoms with E-state index in [1.165, 1.54) is 0 Å². The molecule has 3 rings (SSSR count). The molecule has 0 unspecified atom stereocenters. The van der Waals surface area contributed by atoms with Crippen LogP contribution >= 0.6 is 0 Å². The predicted molar refractivity (Wildman–Crippen MR) is 137 cm³/mol. The first-order valence-corrected chi connectivity index (χ1v) is 12.3. The van der Waals surface area contributed by atoms with Gasteiger partial charge in [-0.1, -0.05) is 5.21 Å². The van der Waals surface area contributed by atoms with E-state index in [9.17, 15) is 0 Å². The molecule has 0 fully saturated rings. The van der Waals surface area contributed by atoms with Gasteiger partial charge in [-0.05, 0) is 55.4 Å². The first-order chi connectivity index (χ1) is 16.7. The van der Waals surface area contributed by atoms with Gasteiger partial charge in [0.1, 0.15) is 5.82 Å². The predicted octanol–water partition coefficient (Wildman–Crippen LogP) is 3.94. The van der Waals surface area contributed by atoms with Crippen molar-refractivity contribution in [2.75, 3.05) is 19.8 Å². The van der Waals surface area contributed by atoms with Crippen LogP contribution in [0.1, 0.15) is 53.1 Å². The van der Waals surface area contributed by atoms with Gasteiger partial charge in [0.2, 0.25) is 0 Å². The van der Waals surface area contributed by atoms with Crippen LogP contribution in [0.2, 0.25) is 0 Å². The molecule has 0 aliphatic heterocycles. The lowest BCUT2D eigenvalue weighted by molar-refractivity contribution is 0.0706. The van der Waals surface area contributed by atoms with Crippen LogP contribution in [0.3, 0.4) is 0 Å². The summed E-state index contributed by atoms with van der Waals surface area (Å²) < 4.78 is 22.0. The maximum absolute atomic E-state index is 5.46. The minimum absolute atomic E-state index is 0.290. The second kappa shape index (κ2) is 17.8. The van der Waals surface area contributed by atoms with Crippen molar-refractivity contribution >= 4 is 0 Å². The van der Waals surface area contributed by atoms with Crippen LogP contribution in [0, 0.1) is 13.8 Å². The zero-order chi connectivity index (χ0) is 26.1. The number of nitrogens with zero attached hydrogens (tertiary/aromatic N) is 7. The summed E-state index contributed by atoms with van der Waals surface area (Å²) in [5, 5.41) is 7.48. The van der Waals surface area contributed by atoms with E-state index in [2.05, 4.69) is 31.0 Å². The molecule has 0 radical (unpaired) electrons. The van der Waals surface area contributed by atoms with Crippen molar-refractivity contribution in [2.45, 2.75) is 93.3 Å². The normalized spacial score (nSPS) is 10.9. The van der Waals surface area contributed by atoms with Gasteiger partial charge in [0.25, 0.3) is 0 Å². The zero-order valence-electron chi connectivity index (χ0n) is 22.8. The number of aryl methyl sites for hydroxylation is 2. The van der Waals surface area contributed by atoms with E-state index < -0.39 is 0 Å². The molecular formula is C25H45N7O3. The highest BCUT2D eigenvalue weighted by Gasteiger charge is 2.00. The summed E-state index contributed by atoms with van der Waals surface area (Å²) in [6.45, 7) is 21.0. The molecule has 0 N–H and O–H groups in total. The quantitative estimate of drug-likeness (QED) is 0.379. The maximum Gasteiger partial charge on any atom is 0.105 e. The second-order valence-electron chi connectivity index (χ2n) is 8.85. The number of hydrogen-bond acceptors (Lipinski definition) is 7. The Hall–Kier alpha value is -2.56. The molecule has 0 atom stereocenters. The molecule has 35 heavy (non-hydrogen) atoms. The van der Waals surface area contributed by atoms with Crippen molar-refractivity contribution in [1.82, 2.24) is 34.1 Å². The monoisotopic (exact) mass is 491 g/mol. The first kappa shape index (κ1) is 30.5. The van der Waals surface area contributed by atoms with E-state index in [1.54, 1.807) is 23.4 Å². The number of hydrogen-bond donors (Lipinski definition) is 0. The third-order valence-corrected chi connectivity index (χ3v) is 4.48. The van der Waals surface area contributed by atoms with Gasteiger partial charge in [-0.25, -0.2) is 9.97 Å². The van der Waals surface area contributed by atoms with Gasteiger partial charge < -0.3 is 23.3 Å². The van der Waals surface area contributed by atoms with Crippen molar-refractivity contribution in [1.29, 1.82) is 0 Å². The highest BCUT2D eigenvalue weighted by molar-refractivity contribution is 5.00. The zero-order valence-corrected chi connectivity index (χ0v) is 22.8. The van der Waals surface area contributed by atoms with Gasteiger partial charge in [0.05, 0.1) is 62.9 Å². The average molecular weight is 492 g/mol. The fourth-order valence-electron chi connectivity index (χ4n) is 2.83. The summed E-state index contributed by atoms with van der Waals surface area (Å²) in [5.74, 6) is 1.06. The summed E-state index contributed by atoms with van der Waals surface area (Å²) in [7, 11) is 0. The van der Waals surface area contributed by atoms with Crippen LogP contribution in [-0.4, -0.2) is 72.2 Å². The Morgan fingerprint density at radius 1 is 0.771 bits per heavy atom. The molecule has 0 spiro atoms. The van der Waals surface area contributed by atoms with E-state index in [1.807, 2.05) is 72.4 Å². The Morgan fingerprint density at radius 3 is 1.83 bits per heavy atom. The third-order valence-electron chi connectivity index (χ3n) is 4.48. The molecule has 3 heterocycles. The van der Waals surface area contributed by atoms with Crippen molar-refractivity contribution in [3.63, 3.8) is 0 Å². The van der Waals surface area contributed by atoms with Crippen LogP contribution in [0.15, 0.2) is 37.3 Å². The molecule has 3 aromatic rings. The number of rotatable bonds is 12. The molecular weight excluding hydrogens is 446 g/mol. The smallest absolute Gasteiger partial charge is 0.105 e. The third kappa shape index (κ3) is 15.9. The molecule has 0 saturated carbocycles. The molecule has 3 aromatic heterocycles. The summed E-state index contributed by atoms with van der Waals surface area (Å²) in [6, 6.07) is 0. The lowest BCUT2D eigenvalue weighted by Gasteiger charge is -2.08. The van der Waals surface area contributed by atoms with Crippen LogP contribution in [0.5, 0.6) is 0 Å². The minimum Gasteiger partial charge on any atom is -0.377 e. The summed E-state index contributed by atoms with van der Waals surface area (Å²) in [5.41, 5.74) is 1.07. The largest absolute Gasteiger partial charge is 0.377 e. The second-order valence-corrected chi connectivity index (χ2v) is 8.85. The van der Waals surface area contributed by atoms with Gasteiger partial charge in [-0.2, -0.15) is 0 Å². The van der Waals surface area contributed by atoms with Crippen molar-refractivity contribution in [3.05, 3.63) is 48.8 Å². The molecule has 10 heteroatoms. The van der Waals surface area contributed by atoms with E-state index in [0.717, 1.165) is 44.4 Å². The summed E-state index contributed by atoms with van der Waals surface area (Å²) in [6.07, 6.45) is 12.0. The lowest BCUT2D eigenvalue weighted by atomic mass is 10.5. The molecule has 0 saturated heterocycles. The van der Waals surface area contributed by atoms with Crippen molar-refractivity contribution < 1.29 is 14.2 Å². The van der Waals surface area contributed by atoms with Gasteiger partial charge in [0, 0.05) is 37.9 Å². The van der Waals surface area contributed by atoms with Gasteiger partial charge in [-0.3, -0.25) is 4.68 Å².